The zero-order valence-electron chi connectivity index (χ0n) is 9.40. The summed E-state index contributed by atoms with van der Waals surface area (Å²) < 4.78 is 0.864. The number of amides is 1. The third kappa shape index (κ3) is 2.80. The van der Waals surface area contributed by atoms with Crippen LogP contribution in [-0.4, -0.2) is 20.9 Å². The first-order valence-corrected chi connectivity index (χ1v) is 5.85. The monoisotopic (exact) mass is 308 g/mol. The molecule has 1 amide bonds. The fourth-order valence-electron chi connectivity index (χ4n) is 1.26. The molecule has 2 aromatic heterocycles. The summed E-state index contributed by atoms with van der Waals surface area (Å²) in [5.74, 6) is -0.00540. The van der Waals surface area contributed by atoms with Crippen molar-refractivity contribution in [1.29, 1.82) is 0 Å². The molecule has 6 nitrogen and oxygen atoms in total. The van der Waals surface area contributed by atoms with Crippen LogP contribution in [0, 0.1) is 6.92 Å². The summed E-state index contributed by atoms with van der Waals surface area (Å²) in [6, 6.07) is 3.46. The SMILES string of the molecule is Cc1nc(NC(=O)c2c[nH]c(=O)cn2)ccc1Br. The lowest BCUT2D eigenvalue weighted by Gasteiger charge is -2.05. The third-order valence-electron chi connectivity index (χ3n) is 2.17. The van der Waals surface area contributed by atoms with E-state index < -0.39 is 5.91 Å². The second kappa shape index (κ2) is 5.09. The molecule has 0 fully saturated rings. The Morgan fingerprint density at radius 3 is 2.83 bits per heavy atom. The number of halogens is 1. The van der Waals surface area contributed by atoms with Gasteiger partial charge >= 0.3 is 0 Å². The van der Waals surface area contributed by atoms with Crippen LogP contribution in [0.2, 0.25) is 0 Å². The number of hydrogen-bond acceptors (Lipinski definition) is 4. The lowest BCUT2D eigenvalue weighted by molar-refractivity contribution is 0.102. The summed E-state index contributed by atoms with van der Waals surface area (Å²) in [6.45, 7) is 1.82. The number of pyridine rings is 1. The highest BCUT2D eigenvalue weighted by Crippen LogP contribution is 2.16. The Balaban J connectivity index is 2.18. The minimum atomic E-state index is -0.430. The van der Waals surface area contributed by atoms with Crippen molar-refractivity contribution < 1.29 is 4.79 Å². The van der Waals surface area contributed by atoms with Gasteiger partial charge in [-0.2, -0.15) is 0 Å². The highest BCUT2D eigenvalue weighted by atomic mass is 79.9. The lowest BCUT2D eigenvalue weighted by atomic mass is 10.3. The molecule has 0 spiro atoms. The van der Waals surface area contributed by atoms with Crippen molar-refractivity contribution in [3.05, 3.63) is 50.7 Å². The van der Waals surface area contributed by atoms with Gasteiger partial charge < -0.3 is 10.3 Å². The smallest absolute Gasteiger partial charge is 0.276 e. The molecule has 2 N–H and O–H groups in total. The van der Waals surface area contributed by atoms with Gasteiger partial charge in [0.2, 0.25) is 0 Å². The molecule has 0 bridgehead atoms. The molecule has 0 atom stereocenters. The third-order valence-corrected chi connectivity index (χ3v) is 3.01. The van der Waals surface area contributed by atoms with Crippen molar-refractivity contribution in [3.63, 3.8) is 0 Å². The molecule has 0 aliphatic rings. The van der Waals surface area contributed by atoms with Gasteiger partial charge in [-0.3, -0.25) is 9.59 Å². The number of aryl methyl sites for hydroxylation is 1. The summed E-state index contributed by atoms with van der Waals surface area (Å²) in [4.78, 5) is 32.9. The number of anilines is 1. The predicted octanol–water partition coefficient (Wildman–Crippen LogP) is 1.49. The van der Waals surface area contributed by atoms with Crippen molar-refractivity contribution in [2.45, 2.75) is 6.92 Å². The van der Waals surface area contributed by atoms with E-state index in [-0.39, 0.29) is 11.3 Å². The van der Waals surface area contributed by atoms with Crippen molar-refractivity contribution in [1.82, 2.24) is 15.0 Å². The van der Waals surface area contributed by atoms with Gasteiger partial charge in [-0.15, -0.1) is 0 Å². The fourth-order valence-corrected chi connectivity index (χ4v) is 1.48. The number of aromatic nitrogens is 3. The average Bonchev–Trinajstić information content (AvgIpc) is 2.34. The van der Waals surface area contributed by atoms with Crippen LogP contribution in [0.1, 0.15) is 16.2 Å². The predicted molar refractivity (Wildman–Crippen MR) is 69.5 cm³/mol. The molecule has 0 aromatic carbocycles. The Labute approximate surface area is 111 Å². The lowest BCUT2D eigenvalue weighted by Crippen LogP contribution is -2.17. The van der Waals surface area contributed by atoms with Crippen LogP contribution in [-0.2, 0) is 0 Å². The van der Waals surface area contributed by atoms with Crippen LogP contribution in [0.25, 0.3) is 0 Å². The maximum absolute atomic E-state index is 11.8. The van der Waals surface area contributed by atoms with Crippen LogP contribution in [0.3, 0.4) is 0 Å². The molecule has 0 aliphatic carbocycles. The second-order valence-electron chi connectivity index (χ2n) is 3.51. The highest BCUT2D eigenvalue weighted by Gasteiger charge is 2.08. The molecule has 0 saturated heterocycles. The number of carbonyl (C=O) groups is 1. The van der Waals surface area contributed by atoms with Gasteiger partial charge in [-0.25, -0.2) is 9.97 Å². The van der Waals surface area contributed by atoms with E-state index in [9.17, 15) is 9.59 Å². The molecule has 92 valence electrons. The minimum absolute atomic E-state index is 0.122. The van der Waals surface area contributed by atoms with Crippen LogP contribution in [0.15, 0.2) is 33.8 Å². The van der Waals surface area contributed by atoms with Crippen molar-refractivity contribution in [3.8, 4) is 0 Å². The number of aromatic amines is 1. The number of hydrogen-bond donors (Lipinski definition) is 2. The first kappa shape index (κ1) is 12.4. The number of nitrogens with zero attached hydrogens (tertiary/aromatic N) is 2. The normalized spacial score (nSPS) is 10.1. The minimum Gasteiger partial charge on any atom is -0.325 e. The molecular weight excluding hydrogens is 300 g/mol. The summed E-state index contributed by atoms with van der Waals surface area (Å²) in [5, 5.41) is 2.59. The number of rotatable bonds is 2. The van der Waals surface area contributed by atoms with E-state index in [0.29, 0.717) is 5.82 Å². The first-order chi connectivity index (χ1) is 8.56. The number of carbonyl (C=O) groups excluding carboxylic acids is 1. The maximum Gasteiger partial charge on any atom is 0.276 e. The van der Waals surface area contributed by atoms with Crippen LogP contribution < -0.4 is 10.9 Å². The first-order valence-electron chi connectivity index (χ1n) is 5.05. The van der Waals surface area contributed by atoms with Crippen LogP contribution in [0.4, 0.5) is 5.82 Å². The summed E-state index contributed by atoms with van der Waals surface area (Å²) >= 11 is 3.32. The van der Waals surface area contributed by atoms with Crippen LogP contribution >= 0.6 is 15.9 Å². The van der Waals surface area contributed by atoms with Gasteiger partial charge in [0, 0.05) is 10.7 Å². The summed E-state index contributed by atoms with van der Waals surface area (Å²) in [5.41, 5.74) is 0.531. The molecule has 0 aliphatic heterocycles. The largest absolute Gasteiger partial charge is 0.325 e. The van der Waals surface area contributed by atoms with E-state index in [0.717, 1.165) is 16.4 Å². The Kier molecular flexibility index (Phi) is 3.52. The second-order valence-corrected chi connectivity index (χ2v) is 4.37. The van der Waals surface area contributed by atoms with E-state index in [2.05, 4.69) is 36.2 Å². The Morgan fingerprint density at radius 1 is 1.44 bits per heavy atom. The zero-order chi connectivity index (χ0) is 13.1. The van der Waals surface area contributed by atoms with E-state index in [4.69, 9.17) is 0 Å². The van der Waals surface area contributed by atoms with E-state index in [1.54, 1.807) is 12.1 Å². The molecule has 7 heteroatoms. The quantitative estimate of drug-likeness (QED) is 0.880. The fraction of sp³-hybridized carbons (Fsp3) is 0.0909. The van der Waals surface area contributed by atoms with Crippen molar-refractivity contribution in [2.24, 2.45) is 0 Å². The molecule has 0 unspecified atom stereocenters. The van der Waals surface area contributed by atoms with Gasteiger partial charge in [-0.05, 0) is 35.0 Å². The molecule has 2 heterocycles. The highest BCUT2D eigenvalue weighted by molar-refractivity contribution is 9.10. The Bertz CT molecular complexity index is 633. The molecule has 18 heavy (non-hydrogen) atoms. The number of nitrogens with one attached hydrogen (secondary N) is 2. The zero-order valence-corrected chi connectivity index (χ0v) is 11.0. The Hall–Kier alpha value is -2.02. The van der Waals surface area contributed by atoms with Gasteiger partial charge in [0.15, 0.2) is 0 Å². The van der Waals surface area contributed by atoms with Gasteiger partial charge in [-0.1, -0.05) is 0 Å². The van der Waals surface area contributed by atoms with E-state index in [1.807, 2.05) is 6.92 Å². The van der Waals surface area contributed by atoms with Crippen molar-refractivity contribution in [2.75, 3.05) is 5.32 Å². The molecule has 0 radical (unpaired) electrons. The van der Waals surface area contributed by atoms with Gasteiger partial charge in [0.05, 0.1) is 11.9 Å². The van der Waals surface area contributed by atoms with Crippen LogP contribution in [0.5, 0.6) is 0 Å². The topological polar surface area (TPSA) is 87.7 Å². The molecule has 2 aromatic rings. The Morgan fingerprint density at radius 2 is 2.22 bits per heavy atom. The average molecular weight is 309 g/mol. The number of H-pyrrole nitrogens is 1. The maximum atomic E-state index is 11.8. The summed E-state index contributed by atoms with van der Waals surface area (Å²) in [7, 11) is 0. The molecular formula is C11H9BrN4O2. The van der Waals surface area contributed by atoms with Crippen molar-refractivity contribution >= 4 is 27.7 Å². The van der Waals surface area contributed by atoms with Gasteiger partial charge in [0.1, 0.15) is 11.5 Å². The standard InChI is InChI=1S/C11H9BrN4O2/c1-6-7(12)2-3-9(15-6)16-11(18)8-4-14-10(17)5-13-8/h2-5H,1H3,(H,14,17)(H,15,16,18). The van der Waals surface area contributed by atoms with E-state index in [1.165, 1.54) is 6.20 Å². The molecule has 0 saturated carbocycles. The summed E-state index contributed by atoms with van der Waals surface area (Å²) in [6.07, 6.45) is 2.30. The molecule has 2 rings (SSSR count). The van der Waals surface area contributed by atoms with Gasteiger partial charge in [0.25, 0.3) is 11.5 Å². The van der Waals surface area contributed by atoms with E-state index >= 15 is 0 Å².